The zero-order valence-corrected chi connectivity index (χ0v) is 19.4. The molecule has 2 N–H and O–H groups in total. The summed E-state index contributed by atoms with van der Waals surface area (Å²) in [6.45, 7) is 5.84. The largest absolute Gasteiger partial charge is 0.351 e. The lowest BCUT2D eigenvalue weighted by atomic mass is 9.95. The number of fused-ring (bicyclic) bond motifs is 1. The van der Waals surface area contributed by atoms with E-state index >= 15 is 0 Å². The van der Waals surface area contributed by atoms with Gasteiger partial charge in [-0.25, -0.2) is 0 Å². The number of likely N-dealkylation sites (N-methyl/N-ethyl adjacent to an activating group) is 1. The lowest BCUT2D eigenvalue weighted by molar-refractivity contribution is -0.133. The van der Waals surface area contributed by atoms with Crippen LogP contribution in [0.1, 0.15) is 79.3 Å². The van der Waals surface area contributed by atoms with E-state index < -0.39 is 5.54 Å². The molecule has 3 heterocycles. The second-order valence-electron chi connectivity index (χ2n) is 9.68. The van der Waals surface area contributed by atoms with Crippen molar-refractivity contribution in [3.63, 3.8) is 0 Å². The highest BCUT2D eigenvalue weighted by atomic mass is 16.2. The normalized spacial score (nSPS) is 24.4. The first kappa shape index (κ1) is 22.8. The maximum Gasteiger partial charge on any atom is 0.272 e. The van der Waals surface area contributed by atoms with Gasteiger partial charge in [0.05, 0.1) is 6.54 Å². The maximum atomic E-state index is 13.1. The first-order valence-corrected chi connectivity index (χ1v) is 12.1. The summed E-state index contributed by atoms with van der Waals surface area (Å²) in [5.41, 5.74) is -0.474. The molecule has 3 aliphatic rings. The first-order valence-electron chi connectivity index (χ1n) is 12.1. The first-order chi connectivity index (χ1) is 15.4. The minimum Gasteiger partial charge on any atom is -0.351 e. The smallest absolute Gasteiger partial charge is 0.272 e. The number of carbonyl (C=O) groups is 3. The standard InChI is InChI=1S/C23H36N6O3/c1-23(22(32)25-17-9-4-5-10-17)16-29-19(21(31)27(23)2)15-18(26-29)20(30)24-11-8-14-28-12-6-3-7-13-28/h15,17H,3-14,16H2,1-2H3,(H,24,30)(H,25,32)/t23-/m0/s1. The highest BCUT2D eigenvalue weighted by Gasteiger charge is 2.46. The summed E-state index contributed by atoms with van der Waals surface area (Å²) in [5.74, 6) is -0.736. The summed E-state index contributed by atoms with van der Waals surface area (Å²) >= 11 is 0. The Bertz CT molecular complexity index is 856. The molecule has 176 valence electrons. The monoisotopic (exact) mass is 444 g/mol. The Morgan fingerprint density at radius 1 is 1.16 bits per heavy atom. The van der Waals surface area contributed by atoms with E-state index in [9.17, 15) is 14.4 Å². The van der Waals surface area contributed by atoms with Crippen LogP contribution in [-0.4, -0.2) is 82.1 Å². The van der Waals surface area contributed by atoms with Gasteiger partial charge in [-0.05, 0) is 58.7 Å². The van der Waals surface area contributed by atoms with Crippen LogP contribution in [0, 0.1) is 0 Å². The van der Waals surface area contributed by atoms with Crippen LogP contribution in [0.15, 0.2) is 6.07 Å². The SMILES string of the molecule is CN1C(=O)c2cc(C(=O)NCCCN3CCCCC3)nn2C[C@@]1(C)C(=O)NC1CCCC1. The third-order valence-corrected chi connectivity index (χ3v) is 7.30. The molecule has 4 rings (SSSR count). The summed E-state index contributed by atoms with van der Waals surface area (Å²) in [6.07, 6.45) is 8.92. The van der Waals surface area contributed by atoms with Crippen molar-refractivity contribution in [2.45, 2.75) is 76.4 Å². The number of nitrogens with zero attached hydrogens (tertiary/aromatic N) is 4. The van der Waals surface area contributed by atoms with Gasteiger partial charge in [0.25, 0.3) is 11.8 Å². The average molecular weight is 445 g/mol. The van der Waals surface area contributed by atoms with Crippen LogP contribution >= 0.6 is 0 Å². The molecule has 1 aliphatic carbocycles. The Morgan fingerprint density at radius 3 is 2.59 bits per heavy atom. The number of aromatic nitrogens is 2. The molecule has 2 aliphatic heterocycles. The van der Waals surface area contributed by atoms with E-state index in [1.165, 1.54) is 34.9 Å². The summed E-state index contributed by atoms with van der Waals surface area (Å²) in [5, 5.41) is 10.4. The lowest BCUT2D eigenvalue weighted by Crippen LogP contribution is -2.63. The molecular formula is C23H36N6O3. The van der Waals surface area contributed by atoms with E-state index in [-0.39, 0.29) is 36.0 Å². The van der Waals surface area contributed by atoms with Crippen LogP contribution in [0.4, 0.5) is 0 Å². The summed E-state index contributed by atoms with van der Waals surface area (Å²) in [4.78, 5) is 42.6. The third-order valence-electron chi connectivity index (χ3n) is 7.30. The Balaban J connectivity index is 1.36. The molecule has 1 atom stereocenters. The van der Waals surface area contributed by atoms with E-state index in [1.54, 1.807) is 14.0 Å². The molecule has 1 aromatic heterocycles. The van der Waals surface area contributed by atoms with Crippen LogP contribution in [-0.2, 0) is 11.3 Å². The fraction of sp³-hybridized carbons (Fsp3) is 0.739. The van der Waals surface area contributed by atoms with Crippen LogP contribution in [0.2, 0.25) is 0 Å². The zero-order chi connectivity index (χ0) is 22.7. The van der Waals surface area contributed by atoms with Crippen LogP contribution in [0.3, 0.4) is 0 Å². The van der Waals surface area contributed by atoms with Crippen LogP contribution in [0.5, 0.6) is 0 Å². The molecule has 1 saturated heterocycles. The van der Waals surface area contributed by atoms with Gasteiger partial charge in [0, 0.05) is 25.7 Å². The van der Waals surface area contributed by atoms with Gasteiger partial charge in [0.1, 0.15) is 11.2 Å². The van der Waals surface area contributed by atoms with Gasteiger partial charge >= 0.3 is 0 Å². The molecule has 0 unspecified atom stereocenters. The van der Waals surface area contributed by atoms with Crippen LogP contribution in [0.25, 0.3) is 0 Å². The molecule has 32 heavy (non-hydrogen) atoms. The minimum absolute atomic E-state index is 0.162. The quantitative estimate of drug-likeness (QED) is 0.619. The Kier molecular flexibility index (Phi) is 6.83. The summed E-state index contributed by atoms with van der Waals surface area (Å²) in [7, 11) is 1.65. The van der Waals surface area contributed by atoms with Crippen molar-refractivity contribution in [3.05, 3.63) is 17.5 Å². The van der Waals surface area contributed by atoms with Crippen molar-refractivity contribution < 1.29 is 14.4 Å². The van der Waals surface area contributed by atoms with E-state index in [0.29, 0.717) is 12.2 Å². The lowest BCUT2D eigenvalue weighted by Gasteiger charge is -2.41. The van der Waals surface area contributed by atoms with E-state index in [2.05, 4.69) is 20.6 Å². The van der Waals surface area contributed by atoms with Gasteiger partial charge in [-0.2, -0.15) is 5.10 Å². The van der Waals surface area contributed by atoms with Crippen LogP contribution < -0.4 is 10.6 Å². The minimum atomic E-state index is -1.04. The number of amides is 3. The van der Waals surface area contributed by atoms with Gasteiger partial charge in [0.15, 0.2) is 5.69 Å². The Labute approximate surface area is 189 Å². The van der Waals surface area contributed by atoms with E-state index in [0.717, 1.165) is 51.7 Å². The molecular weight excluding hydrogens is 408 g/mol. The second-order valence-corrected chi connectivity index (χ2v) is 9.68. The summed E-state index contributed by atoms with van der Waals surface area (Å²) < 4.78 is 1.51. The molecule has 9 nitrogen and oxygen atoms in total. The van der Waals surface area contributed by atoms with Gasteiger partial charge in [-0.3, -0.25) is 19.1 Å². The Hall–Kier alpha value is -2.42. The van der Waals surface area contributed by atoms with Gasteiger partial charge in [0.2, 0.25) is 5.91 Å². The molecule has 1 saturated carbocycles. The number of hydrogen-bond acceptors (Lipinski definition) is 5. The molecule has 1 aromatic rings. The van der Waals surface area contributed by atoms with Gasteiger partial charge in [-0.1, -0.05) is 19.3 Å². The topological polar surface area (TPSA) is 99.6 Å². The maximum absolute atomic E-state index is 13.1. The molecule has 2 fully saturated rings. The molecule has 3 amide bonds. The average Bonchev–Trinajstić information content (AvgIpc) is 3.45. The predicted molar refractivity (Wildman–Crippen MR) is 120 cm³/mol. The number of likely N-dealkylation sites (tertiary alicyclic amines) is 1. The van der Waals surface area contributed by atoms with Crippen molar-refractivity contribution >= 4 is 17.7 Å². The number of piperidine rings is 1. The van der Waals surface area contributed by atoms with Crippen molar-refractivity contribution in [1.29, 1.82) is 0 Å². The molecule has 0 bridgehead atoms. The van der Waals surface area contributed by atoms with E-state index in [1.807, 2.05) is 0 Å². The number of carbonyl (C=O) groups excluding carboxylic acids is 3. The predicted octanol–water partition coefficient (Wildman–Crippen LogP) is 1.39. The van der Waals surface area contributed by atoms with Gasteiger partial charge in [-0.15, -0.1) is 0 Å². The number of hydrogen-bond donors (Lipinski definition) is 2. The molecule has 0 aromatic carbocycles. The fourth-order valence-electron chi connectivity index (χ4n) is 5.03. The number of rotatable bonds is 7. The molecule has 0 spiro atoms. The zero-order valence-electron chi connectivity index (χ0n) is 19.4. The summed E-state index contributed by atoms with van der Waals surface area (Å²) in [6, 6.07) is 1.71. The van der Waals surface area contributed by atoms with E-state index in [4.69, 9.17) is 0 Å². The van der Waals surface area contributed by atoms with Crippen molar-refractivity contribution in [2.24, 2.45) is 0 Å². The van der Waals surface area contributed by atoms with Crippen molar-refractivity contribution in [3.8, 4) is 0 Å². The fourth-order valence-corrected chi connectivity index (χ4v) is 5.03. The van der Waals surface area contributed by atoms with Crippen molar-refractivity contribution in [1.82, 2.24) is 30.2 Å². The highest BCUT2D eigenvalue weighted by molar-refractivity contribution is 6.01. The second kappa shape index (κ2) is 9.60. The molecule has 0 radical (unpaired) electrons. The highest BCUT2D eigenvalue weighted by Crippen LogP contribution is 2.27. The Morgan fingerprint density at radius 2 is 1.88 bits per heavy atom. The van der Waals surface area contributed by atoms with Crippen molar-refractivity contribution in [2.75, 3.05) is 33.2 Å². The molecule has 9 heteroatoms. The third kappa shape index (κ3) is 4.67. The number of nitrogens with one attached hydrogen (secondary N) is 2. The van der Waals surface area contributed by atoms with Gasteiger partial charge < -0.3 is 20.4 Å².